The Hall–Kier alpha value is -3.33. The second-order valence-corrected chi connectivity index (χ2v) is 10.9. The number of rotatable bonds is 11. The molecule has 0 spiro atoms. The van der Waals surface area contributed by atoms with Crippen LogP contribution in [0.1, 0.15) is 34.0 Å². The first-order valence-corrected chi connectivity index (χ1v) is 14.1. The Morgan fingerprint density at radius 3 is 2.46 bits per heavy atom. The Kier molecular flexibility index (Phi) is 9.67. The maximum absolute atomic E-state index is 13.1. The van der Waals surface area contributed by atoms with Gasteiger partial charge < -0.3 is 9.47 Å². The summed E-state index contributed by atoms with van der Waals surface area (Å²) in [6.45, 7) is 6.11. The summed E-state index contributed by atoms with van der Waals surface area (Å²) in [4.78, 5) is 39.6. The second kappa shape index (κ2) is 13.2. The number of hydrogen-bond acceptors (Lipinski definition) is 6. The van der Waals surface area contributed by atoms with E-state index in [1.54, 1.807) is 54.6 Å². The van der Waals surface area contributed by atoms with Crippen molar-refractivity contribution in [2.45, 2.75) is 20.0 Å². The van der Waals surface area contributed by atoms with Crippen LogP contribution in [0, 0.1) is 0 Å². The van der Waals surface area contributed by atoms with Crippen molar-refractivity contribution in [1.29, 1.82) is 0 Å². The van der Waals surface area contributed by atoms with Crippen LogP contribution in [0.25, 0.3) is 6.08 Å². The Morgan fingerprint density at radius 2 is 1.79 bits per heavy atom. The molecule has 0 N–H and O–H groups in total. The normalized spacial score (nSPS) is 14.1. The fourth-order valence-electron chi connectivity index (χ4n) is 3.90. The summed E-state index contributed by atoms with van der Waals surface area (Å²) in [7, 11) is 0. The zero-order valence-electron chi connectivity index (χ0n) is 21.1. The van der Waals surface area contributed by atoms with E-state index < -0.39 is 11.1 Å². The maximum atomic E-state index is 13.1. The van der Waals surface area contributed by atoms with Gasteiger partial charge in [-0.1, -0.05) is 57.9 Å². The Morgan fingerprint density at radius 1 is 1.08 bits per heavy atom. The highest BCUT2D eigenvalue weighted by Gasteiger charge is 2.36. The van der Waals surface area contributed by atoms with Crippen LogP contribution in [0.5, 0.6) is 11.5 Å². The van der Waals surface area contributed by atoms with E-state index in [0.29, 0.717) is 47.3 Å². The fourth-order valence-corrected chi connectivity index (χ4v) is 5.12. The van der Waals surface area contributed by atoms with Gasteiger partial charge in [0.05, 0.1) is 18.1 Å². The van der Waals surface area contributed by atoms with E-state index in [9.17, 15) is 14.4 Å². The van der Waals surface area contributed by atoms with Gasteiger partial charge in [0.15, 0.2) is 17.3 Å². The van der Waals surface area contributed by atoms with E-state index in [-0.39, 0.29) is 17.2 Å². The van der Waals surface area contributed by atoms with Crippen molar-refractivity contribution in [3.63, 3.8) is 0 Å². The standard InChI is InChI=1S/C30H25BrClNO5S/c1-3-5-22-14-20(15-26(37-4-2)28(22)38-18-19-6-12-24(32)13-7-19)16-27-29(35)33(30(36)39-27)17-25(34)21-8-10-23(31)11-9-21/h3,6-16H,1,4-5,17-18H2,2H3/b27-16-. The van der Waals surface area contributed by atoms with Crippen LogP contribution in [0.3, 0.4) is 0 Å². The quantitative estimate of drug-likeness (QED) is 0.123. The van der Waals surface area contributed by atoms with Gasteiger partial charge >= 0.3 is 0 Å². The molecular formula is C30H25BrClNO5S. The Balaban J connectivity index is 1.58. The summed E-state index contributed by atoms with van der Waals surface area (Å²) in [6, 6.07) is 17.8. The van der Waals surface area contributed by atoms with E-state index in [4.69, 9.17) is 21.1 Å². The Bertz CT molecular complexity index is 1440. The van der Waals surface area contributed by atoms with Crippen molar-refractivity contribution in [2.24, 2.45) is 0 Å². The number of Topliss-reactive ketones (excluding diaryl/α,β-unsaturated/α-hetero) is 1. The zero-order valence-corrected chi connectivity index (χ0v) is 24.3. The lowest BCUT2D eigenvalue weighted by atomic mass is 10.0. The molecule has 200 valence electrons. The molecule has 1 aliphatic heterocycles. The molecule has 0 aliphatic carbocycles. The molecule has 9 heteroatoms. The van der Waals surface area contributed by atoms with Crippen LogP contribution in [0.4, 0.5) is 4.79 Å². The average Bonchev–Trinajstić information content (AvgIpc) is 3.17. The molecule has 0 radical (unpaired) electrons. The number of carbonyl (C=O) groups excluding carboxylic acids is 3. The molecule has 0 aromatic heterocycles. The predicted molar refractivity (Wildman–Crippen MR) is 158 cm³/mol. The number of ether oxygens (including phenoxy) is 2. The van der Waals surface area contributed by atoms with Gasteiger partial charge in [-0.05, 0) is 78.7 Å². The number of amides is 2. The maximum Gasteiger partial charge on any atom is 0.293 e. The number of benzene rings is 3. The minimum atomic E-state index is -0.512. The minimum Gasteiger partial charge on any atom is -0.490 e. The molecular weight excluding hydrogens is 602 g/mol. The SMILES string of the molecule is C=CCc1cc(/C=C2\SC(=O)N(CC(=O)c3ccc(Br)cc3)C2=O)cc(OCC)c1OCc1ccc(Cl)cc1. The van der Waals surface area contributed by atoms with E-state index in [1.807, 2.05) is 25.1 Å². The van der Waals surface area contributed by atoms with Crippen molar-refractivity contribution in [3.05, 3.63) is 110 Å². The monoisotopic (exact) mass is 625 g/mol. The molecule has 1 aliphatic rings. The highest BCUT2D eigenvalue weighted by Crippen LogP contribution is 2.38. The summed E-state index contributed by atoms with van der Waals surface area (Å²) >= 11 is 10.1. The molecule has 39 heavy (non-hydrogen) atoms. The zero-order chi connectivity index (χ0) is 27.9. The van der Waals surface area contributed by atoms with Crippen LogP contribution in [-0.4, -0.2) is 35.0 Å². The lowest BCUT2D eigenvalue weighted by molar-refractivity contribution is -0.122. The van der Waals surface area contributed by atoms with Crippen LogP contribution >= 0.6 is 39.3 Å². The summed E-state index contributed by atoms with van der Waals surface area (Å²) < 4.78 is 12.9. The van der Waals surface area contributed by atoms with E-state index in [0.717, 1.165) is 32.3 Å². The number of imide groups is 1. The van der Waals surface area contributed by atoms with Crippen LogP contribution in [-0.2, 0) is 17.8 Å². The number of carbonyl (C=O) groups is 3. The molecule has 1 fully saturated rings. The topological polar surface area (TPSA) is 72.9 Å². The lowest BCUT2D eigenvalue weighted by Gasteiger charge is -2.17. The molecule has 0 bridgehead atoms. The molecule has 2 amide bonds. The van der Waals surface area contributed by atoms with Gasteiger partial charge in [0, 0.05) is 20.6 Å². The molecule has 3 aromatic rings. The predicted octanol–water partition coefficient (Wildman–Crippen LogP) is 7.73. The second-order valence-electron chi connectivity index (χ2n) is 8.55. The molecule has 0 atom stereocenters. The molecule has 0 unspecified atom stereocenters. The van der Waals surface area contributed by atoms with Crippen LogP contribution < -0.4 is 9.47 Å². The number of halogens is 2. The van der Waals surface area contributed by atoms with Crippen LogP contribution in [0.2, 0.25) is 5.02 Å². The van der Waals surface area contributed by atoms with Gasteiger partial charge in [-0.25, -0.2) is 0 Å². The number of thioether (sulfide) groups is 1. The average molecular weight is 627 g/mol. The van der Waals surface area contributed by atoms with E-state index in [2.05, 4.69) is 22.5 Å². The first-order valence-electron chi connectivity index (χ1n) is 12.1. The number of hydrogen-bond donors (Lipinski definition) is 0. The van der Waals surface area contributed by atoms with Gasteiger partial charge in [0.25, 0.3) is 11.1 Å². The number of nitrogens with zero attached hydrogens (tertiary/aromatic N) is 1. The molecule has 1 saturated heterocycles. The van der Waals surface area contributed by atoms with Gasteiger partial charge in [0.1, 0.15) is 6.61 Å². The summed E-state index contributed by atoms with van der Waals surface area (Å²) in [6.07, 6.45) is 3.89. The van der Waals surface area contributed by atoms with Crippen molar-refractivity contribution in [1.82, 2.24) is 4.90 Å². The third-order valence-electron chi connectivity index (χ3n) is 5.75. The summed E-state index contributed by atoms with van der Waals surface area (Å²) in [5.74, 6) is 0.264. The van der Waals surface area contributed by atoms with Crippen molar-refractivity contribution >= 4 is 62.3 Å². The molecule has 4 rings (SSSR count). The largest absolute Gasteiger partial charge is 0.490 e. The van der Waals surface area contributed by atoms with Crippen LogP contribution in [0.15, 0.2) is 82.7 Å². The summed E-state index contributed by atoms with van der Waals surface area (Å²) in [5, 5.41) is 0.156. The van der Waals surface area contributed by atoms with Crippen molar-refractivity contribution in [2.75, 3.05) is 13.2 Å². The first kappa shape index (κ1) is 28.7. The summed E-state index contributed by atoms with van der Waals surface area (Å²) in [5.41, 5.74) is 2.85. The highest BCUT2D eigenvalue weighted by atomic mass is 79.9. The third-order valence-corrected chi connectivity index (χ3v) is 7.44. The van der Waals surface area contributed by atoms with E-state index >= 15 is 0 Å². The molecule has 6 nitrogen and oxygen atoms in total. The van der Waals surface area contributed by atoms with Gasteiger partial charge in [-0.2, -0.15) is 0 Å². The van der Waals surface area contributed by atoms with Crippen molar-refractivity contribution in [3.8, 4) is 11.5 Å². The smallest absolute Gasteiger partial charge is 0.293 e. The van der Waals surface area contributed by atoms with Gasteiger partial charge in [-0.15, -0.1) is 6.58 Å². The van der Waals surface area contributed by atoms with E-state index in [1.165, 1.54) is 0 Å². The minimum absolute atomic E-state index is 0.227. The van der Waals surface area contributed by atoms with Crippen molar-refractivity contribution < 1.29 is 23.9 Å². The highest BCUT2D eigenvalue weighted by molar-refractivity contribution is 9.10. The molecule has 3 aromatic carbocycles. The third kappa shape index (κ3) is 7.20. The van der Waals surface area contributed by atoms with Gasteiger partial charge in [0.2, 0.25) is 0 Å². The fraction of sp³-hybridized carbons (Fsp3) is 0.167. The molecule has 0 saturated carbocycles. The Labute approximate surface area is 244 Å². The first-order chi connectivity index (χ1) is 18.8. The van der Waals surface area contributed by atoms with Gasteiger partial charge in [-0.3, -0.25) is 19.3 Å². The lowest BCUT2D eigenvalue weighted by Crippen LogP contribution is -2.33. The number of allylic oxidation sites excluding steroid dienone is 1. The molecule has 1 heterocycles. The number of ketones is 1.